The van der Waals surface area contributed by atoms with Gasteiger partial charge in [0.15, 0.2) is 0 Å². The second-order valence-corrected chi connectivity index (χ2v) is 5.82. The first-order valence-electron chi connectivity index (χ1n) is 6.23. The van der Waals surface area contributed by atoms with Crippen molar-refractivity contribution in [3.8, 4) is 10.6 Å². The molecule has 3 nitrogen and oxygen atoms in total. The smallest absolute Gasteiger partial charge is 0.124 e. The zero-order chi connectivity index (χ0) is 12.5. The van der Waals surface area contributed by atoms with Gasteiger partial charge in [-0.1, -0.05) is 24.3 Å². The molecule has 0 amide bonds. The fourth-order valence-electron chi connectivity index (χ4n) is 2.35. The average Bonchev–Trinajstić information content (AvgIpc) is 2.81. The third-order valence-corrected chi connectivity index (χ3v) is 4.51. The summed E-state index contributed by atoms with van der Waals surface area (Å²) in [6, 6.07) is 8.30. The molecule has 0 bridgehead atoms. The van der Waals surface area contributed by atoms with Gasteiger partial charge in [0.05, 0.1) is 5.69 Å². The molecule has 0 saturated heterocycles. The Kier molecular flexibility index (Phi) is 3.16. The van der Waals surface area contributed by atoms with Gasteiger partial charge in [0.25, 0.3) is 0 Å². The van der Waals surface area contributed by atoms with Crippen LogP contribution in [0.2, 0.25) is 0 Å². The van der Waals surface area contributed by atoms with E-state index in [9.17, 15) is 0 Å². The van der Waals surface area contributed by atoms with Crippen LogP contribution >= 0.6 is 11.3 Å². The highest BCUT2D eigenvalue weighted by atomic mass is 32.1. The topological polar surface area (TPSA) is 42.2 Å². The fourth-order valence-corrected chi connectivity index (χ4v) is 3.59. The van der Waals surface area contributed by atoms with Crippen LogP contribution < -0.4 is 5.73 Å². The zero-order valence-corrected chi connectivity index (χ0v) is 11.3. The van der Waals surface area contributed by atoms with Crippen molar-refractivity contribution < 1.29 is 0 Å². The van der Waals surface area contributed by atoms with Gasteiger partial charge in [-0.2, -0.15) is 0 Å². The van der Waals surface area contributed by atoms with Gasteiger partial charge in [0, 0.05) is 36.5 Å². The lowest BCUT2D eigenvalue weighted by atomic mass is 10.1. The normalized spacial score (nSPS) is 15.7. The third-order valence-electron chi connectivity index (χ3n) is 3.39. The Morgan fingerprint density at radius 3 is 3.06 bits per heavy atom. The molecule has 0 unspecified atom stereocenters. The molecular formula is C14H17N3S. The van der Waals surface area contributed by atoms with E-state index in [1.807, 2.05) is 17.4 Å². The number of fused-ring (bicyclic) bond motifs is 1. The molecule has 1 aromatic heterocycles. The van der Waals surface area contributed by atoms with Crippen molar-refractivity contribution in [2.45, 2.75) is 19.5 Å². The predicted octanol–water partition coefficient (Wildman–Crippen LogP) is 2.26. The van der Waals surface area contributed by atoms with Crippen LogP contribution in [-0.2, 0) is 19.5 Å². The van der Waals surface area contributed by atoms with Crippen LogP contribution in [0, 0.1) is 0 Å². The fraction of sp³-hybridized carbons (Fsp3) is 0.357. The first kappa shape index (κ1) is 11.8. The summed E-state index contributed by atoms with van der Waals surface area (Å²) in [7, 11) is 2.16. The van der Waals surface area contributed by atoms with Gasteiger partial charge in [0.2, 0.25) is 0 Å². The van der Waals surface area contributed by atoms with Crippen molar-refractivity contribution in [3.05, 3.63) is 40.4 Å². The minimum atomic E-state index is 0.570. The highest BCUT2D eigenvalue weighted by Gasteiger charge is 2.19. The lowest BCUT2D eigenvalue weighted by Crippen LogP contribution is -2.25. The lowest BCUT2D eigenvalue weighted by molar-refractivity contribution is 0.314. The Labute approximate surface area is 111 Å². The number of thiazole rings is 1. The number of aromatic nitrogens is 1. The van der Waals surface area contributed by atoms with Crippen LogP contribution in [0.1, 0.15) is 16.1 Å². The van der Waals surface area contributed by atoms with Crippen molar-refractivity contribution in [1.29, 1.82) is 0 Å². The first-order valence-corrected chi connectivity index (χ1v) is 7.05. The summed E-state index contributed by atoms with van der Waals surface area (Å²) >= 11 is 1.81. The monoisotopic (exact) mass is 259 g/mol. The standard InChI is InChI=1S/C14H17N3S/c1-17-7-6-12-13(9-17)18-14(16-12)11-5-3-2-4-10(11)8-15/h2-5H,6-9,15H2,1H3. The number of likely N-dealkylation sites (N-methyl/N-ethyl adjacent to an activating group) is 1. The van der Waals surface area contributed by atoms with E-state index in [4.69, 9.17) is 10.7 Å². The molecule has 2 N–H and O–H groups in total. The molecule has 18 heavy (non-hydrogen) atoms. The molecule has 2 aromatic rings. The van der Waals surface area contributed by atoms with Gasteiger partial charge in [0.1, 0.15) is 5.01 Å². The van der Waals surface area contributed by atoms with E-state index in [0.29, 0.717) is 6.54 Å². The van der Waals surface area contributed by atoms with Crippen molar-refractivity contribution >= 4 is 11.3 Å². The average molecular weight is 259 g/mol. The van der Waals surface area contributed by atoms with E-state index in [-0.39, 0.29) is 0 Å². The van der Waals surface area contributed by atoms with E-state index in [1.54, 1.807) is 0 Å². The minimum absolute atomic E-state index is 0.570. The Hall–Kier alpha value is -1.23. The van der Waals surface area contributed by atoms with E-state index in [0.717, 1.165) is 24.5 Å². The summed E-state index contributed by atoms with van der Waals surface area (Å²) in [5.41, 5.74) is 9.45. The van der Waals surface area contributed by atoms with E-state index < -0.39 is 0 Å². The summed E-state index contributed by atoms with van der Waals surface area (Å²) < 4.78 is 0. The molecular weight excluding hydrogens is 242 g/mol. The molecule has 0 fully saturated rings. The maximum absolute atomic E-state index is 5.80. The van der Waals surface area contributed by atoms with Crippen molar-refractivity contribution in [1.82, 2.24) is 9.88 Å². The van der Waals surface area contributed by atoms with E-state index in [1.165, 1.54) is 21.7 Å². The lowest BCUT2D eigenvalue weighted by Gasteiger charge is -2.20. The molecule has 0 aliphatic carbocycles. The van der Waals surface area contributed by atoms with Crippen LogP contribution in [0.4, 0.5) is 0 Å². The molecule has 0 spiro atoms. The summed E-state index contributed by atoms with van der Waals surface area (Å²) in [5, 5.41) is 1.12. The molecule has 0 saturated carbocycles. The van der Waals surface area contributed by atoms with Crippen LogP contribution in [0.3, 0.4) is 0 Å². The third kappa shape index (κ3) is 2.07. The minimum Gasteiger partial charge on any atom is -0.326 e. The number of nitrogens with zero attached hydrogens (tertiary/aromatic N) is 2. The number of hydrogen-bond donors (Lipinski definition) is 1. The predicted molar refractivity (Wildman–Crippen MR) is 75.5 cm³/mol. The second-order valence-electron chi connectivity index (χ2n) is 4.74. The molecule has 0 radical (unpaired) electrons. The van der Waals surface area contributed by atoms with E-state index in [2.05, 4.69) is 30.1 Å². The molecule has 1 aromatic carbocycles. The van der Waals surface area contributed by atoms with Crippen LogP contribution in [0.5, 0.6) is 0 Å². The molecule has 94 valence electrons. The maximum Gasteiger partial charge on any atom is 0.124 e. The maximum atomic E-state index is 5.80. The Morgan fingerprint density at radius 1 is 1.39 bits per heavy atom. The Morgan fingerprint density at radius 2 is 2.22 bits per heavy atom. The second kappa shape index (κ2) is 4.80. The van der Waals surface area contributed by atoms with Gasteiger partial charge in [-0.05, 0) is 12.6 Å². The highest BCUT2D eigenvalue weighted by Crippen LogP contribution is 2.32. The summed E-state index contributed by atoms with van der Waals surface area (Å²) in [5.74, 6) is 0. The largest absolute Gasteiger partial charge is 0.326 e. The number of hydrogen-bond acceptors (Lipinski definition) is 4. The Bertz CT molecular complexity index is 562. The van der Waals surface area contributed by atoms with Gasteiger partial charge >= 0.3 is 0 Å². The molecule has 2 heterocycles. The van der Waals surface area contributed by atoms with Crippen molar-refractivity contribution in [2.75, 3.05) is 13.6 Å². The Balaban J connectivity index is 2.02. The quantitative estimate of drug-likeness (QED) is 0.899. The van der Waals surface area contributed by atoms with Gasteiger partial charge in [-0.3, -0.25) is 0 Å². The van der Waals surface area contributed by atoms with Gasteiger partial charge in [-0.15, -0.1) is 11.3 Å². The summed E-state index contributed by atoms with van der Waals surface area (Å²) in [6.07, 6.45) is 1.06. The molecule has 0 atom stereocenters. The molecule has 3 rings (SSSR count). The first-order chi connectivity index (χ1) is 8.78. The molecule has 1 aliphatic heterocycles. The van der Waals surface area contributed by atoms with Crippen molar-refractivity contribution in [2.24, 2.45) is 5.73 Å². The van der Waals surface area contributed by atoms with Crippen LogP contribution in [0.15, 0.2) is 24.3 Å². The number of rotatable bonds is 2. The molecule has 4 heteroatoms. The van der Waals surface area contributed by atoms with Gasteiger partial charge < -0.3 is 10.6 Å². The molecule has 1 aliphatic rings. The van der Waals surface area contributed by atoms with Crippen molar-refractivity contribution in [3.63, 3.8) is 0 Å². The van der Waals surface area contributed by atoms with E-state index >= 15 is 0 Å². The summed E-state index contributed by atoms with van der Waals surface area (Å²) in [4.78, 5) is 8.55. The summed E-state index contributed by atoms with van der Waals surface area (Å²) in [6.45, 7) is 2.70. The van der Waals surface area contributed by atoms with Gasteiger partial charge in [-0.25, -0.2) is 4.98 Å². The zero-order valence-electron chi connectivity index (χ0n) is 10.5. The SMILES string of the molecule is CN1CCc2nc(-c3ccccc3CN)sc2C1. The number of benzene rings is 1. The number of nitrogens with two attached hydrogens (primary N) is 1. The van der Waals surface area contributed by atoms with Crippen LogP contribution in [-0.4, -0.2) is 23.5 Å². The van der Waals surface area contributed by atoms with Crippen LogP contribution in [0.25, 0.3) is 10.6 Å². The highest BCUT2D eigenvalue weighted by molar-refractivity contribution is 7.15.